The van der Waals surface area contributed by atoms with Crippen molar-refractivity contribution >= 4 is 5.97 Å². The Balaban J connectivity index is 1.75. The number of fused-ring (bicyclic) bond motifs is 1. The normalized spacial score (nSPS) is 20.9. The molecule has 1 heterocycles. The molecule has 49 heavy (non-hydrogen) atoms. The lowest BCUT2D eigenvalue weighted by Gasteiger charge is -2.46. The van der Waals surface area contributed by atoms with E-state index in [9.17, 15) is 4.79 Å². The van der Waals surface area contributed by atoms with E-state index in [2.05, 4.69) is 27.7 Å². The van der Waals surface area contributed by atoms with Crippen LogP contribution in [0.3, 0.4) is 0 Å². The summed E-state index contributed by atoms with van der Waals surface area (Å²) in [4.78, 5) is 13.0. The molecule has 7 nitrogen and oxygen atoms in total. The van der Waals surface area contributed by atoms with Gasteiger partial charge in [-0.2, -0.15) is 0 Å². The van der Waals surface area contributed by atoms with Crippen molar-refractivity contribution in [3.63, 3.8) is 0 Å². The first-order valence-electron chi connectivity index (χ1n) is 18.4. The Morgan fingerprint density at radius 3 is 2.06 bits per heavy atom. The molecule has 4 rings (SSSR count). The molecular weight excluding hydrogens is 623 g/mol. The van der Waals surface area contributed by atoms with Crippen molar-refractivity contribution in [1.29, 1.82) is 0 Å². The van der Waals surface area contributed by atoms with E-state index in [4.69, 9.17) is 28.4 Å². The fourth-order valence-electron chi connectivity index (χ4n) is 6.38. The molecule has 0 saturated carbocycles. The molecular formula is C41H57FO7. The van der Waals surface area contributed by atoms with Gasteiger partial charge in [0.25, 0.3) is 0 Å². The lowest BCUT2D eigenvalue weighted by molar-refractivity contribution is -0.268. The molecule has 2 aliphatic carbocycles. The number of hydrogen-bond donors (Lipinski definition) is 0. The quantitative estimate of drug-likeness (QED) is 0.0821. The average molecular weight is 681 g/mol. The van der Waals surface area contributed by atoms with Gasteiger partial charge in [-0.1, -0.05) is 89.8 Å². The summed E-state index contributed by atoms with van der Waals surface area (Å²) in [6.45, 7) is 11.0. The predicted molar refractivity (Wildman–Crippen MR) is 191 cm³/mol. The van der Waals surface area contributed by atoms with E-state index in [1.807, 2.05) is 42.5 Å². The summed E-state index contributed by atoms with van der Waals surface area (Å²) in [6.07, 6.45) is 5.23. The van der Waals surface area contributed by atoms with Gasteiger partial charge in [0.15, 0.2) is 0 Å². The Morgan fingerprint density at radius 2 is 1.39 bits per heavy atom. The second kappa shape index (κ2) is 20.7. The van der Waals surface area contributed by atoms with Crippen molar-refractivity contribution in [2.24, 2.45) is 0 Å². The Morgan fingerprint density at radius 1 is 0.755 bits per heavy atom. The number of methoxy groups -OCH3 is 1. The van der Waals surface area contributed by atoms with Crippen molar-refractivity contribution in [2.45, 2.75) is 116 Å². The summed E-state index contributed by atoms with van der Waals surface area (Å²) < 4.78 is 53.9. The summed E-state index contributed by atoms with van der Waals surface area (Å²) in [7, 11) is 1.39. The zero-order valence-electron chi connectivity index (χ0n) is 30.2. The monoisotopic (exact) mass is 680 g/mol. The number of carbonyl (C=O) groups excluding carboxylic acids is 1. The van der Waals surface area contributed by atoms with E-state index in [-0.39, 0.29) is 5.82 Å². The molecule has 0 radical (unpaired) electrons. The minimum Gasteiger partial charge on any atom is -0.465 e. The first-order valence-corrected chi connectivity index (χ1v) is 18.4. The highest BCUT2D eigenvalue weighted by molar-refractivity contribution is 6.01. The number of carbonyl (C=O) groups is 1. The van der Waals surface area contributed by atoms with E-state index in [1.165, 1.54) is 13.2 Å². The van der Waals surface area contributed by atoms with Gasteiger partial charge in [0.05, 0.1) is 19.3 Å². The minimum absolute atomic E-state index is 0.309. The SMILES string of the molecule is CCCCOC[C@H]1O[C@@H](c2cc(Cc3cc4cccccc-4c3C(=O)OC)ccc2F)[C@H](OCCCC)[C@@H](OCCCC)[C@@H]1OCCCC. The predicted octanol–water partition coefficient (Wildman–Crippen LogP) is 9.12. The van der Waals surface area contributed by atoms with Crippen LogP contribution in [0, 0.1) is 5.82 Å². The van der Waals surface area contributed by atoms with Gasteiger partial charge >= 0.3 is 5.97 Å². The van der Waals surface area contributed by atoms with Crippen LogP contribution in [0.25, 0.3) is 11.1 Å². The van der Waals surface area contributed by atoms with Gasteiger partial charge in [0.1, 0.15) is 36.3 Å². The van der Waals surface area contributed by atoms with Crippen LogP contribution in [0.15, 0.2) is 54.6 Å². The van der Waals surface area contributed by atoms with Crippen LogP contribution in [0.4, 0.5) is 4.39 Å². The highest BCUT2D eigenvalue weighted by Gasteiger charge is 2.49. The number of rotatable bonds is 21. The average Bonchev–Trinajstić information content (AvgIpc) is 3.27. The van der Waals surface area contributed by atoms with Gasteiger partial charge < -0.3 is 28.4 Å². The standard InChI is InChI=1S/C41H57FO7/c1-6-10-21-45-28-35-38(46-22-11-7-2)40(48-24-13-9-4)39(47-23-12-8-3)37(49-35)33-26-29(19-20-34(33)42)25-31-27-30-17-15-14-16-18-32(30)36(31)41(43)44-5/h14-20,26-27,35,37-40H,6-13,21-25,28H2,1-5H3/t35-,37+,38-,39+,40+/m1/s1. The largest absolute Gasteiger partial charge is 0.465 e. The fourth-order valence-corrected chi connectivity index (χ4v) is 6.38. The molecule has 1 aliphatic heterocycles. The molecule has 0 aromatic heterocycles. The Kier molecular flexibility index (Phi) is 16.4. The molecule has 1 saturated heterocycles. The van der Waals surface area contributed by atoms with Crippen molar-refractivity contribution < 1.29 is 37.6 Å². The highest BCUT2D eigenvalue weighted by atomic mass is 19.1. The Hall–Kier alpha value is -2.88. The number of unbranched alkanes of at least 4 members (excludes halogenated alkanes) is 4. The van der Waals surface area contributed by atoms with E-state index in [0.717, 1.165) is 73.6 Å². The smallest absolute Gasteiger partial charge is 0.338 e. The van der Waals surface area contributed by atoms with E-state index >= 15 is 4.39 Å². The molecule has 1 aromatic carbocycles. The lowest BCUT2D eigenvalue weighted by atomic mass is 9.89. The molecule has 5 atom stereocenters. The molecule has 0 N–H and O–H groups in total. The molecule has 0 amide bonds. The number of hydrogen-bond acceptors (Lipinski definition) is 7. The van der Waals surface area contributed by atoms with Crippen molar-refractivity contribution in [3.05, 3.63) is 82.7 Å². The van der Waals surface area contributed by atoms with Crippen molar-refractivity contribution in [3.8, 4) is 11.1 Å². The molecule has 1 fully saturated rings. The van der Waals surface area contributed by atoms with E-state index in [1.54, 1.807) is 6.07 Å². The third kappa shape index (κ3) is 10.6. The van der Waals surface area contributed by atoms with E-state index in [0.29, 0.717) is 50.6 Å². The first kappa shape index (κ1) is 38.9. The molecule has 0 unspecified atom stereocenters. The van der Waals surface area contributed by atoms with Crippen LogP contribution in [-0.4, -0.2) is 70.5 Å². The number of esters is 1. The summed E-state index contributed by atoms with van der Waals surface area (Å²) in [5.74, 6) is -0.778. The second-order valence-corrected chi connectivity index (χ2v) is 12.9. The van der Waals surface area contributed by atoms with Crippen LogP contribution in [0.2, 0.25) is 0 Å². The highest BCUT2D eigenvalue weighted by Crippen LogP contribution is 2.40. The van der Waals surface area contributed by atoms with Crippen LogP contribution in [-0.2, 0) is 34.8 Å². The topological polar surface area (TPSA) is 72.5 Å². The second-order valence-electron chi connectivity index (χ2n) is 12.9. The first-order chi connectivity index (χ1) is 24.0. The van der Waals surface area contributed by atoms with Gasteiger partial charge in [-0.25, -0.2) is 9.18 Å². The summed E-state index contributed by atoms with van der Waals surface area (Å²) in [6, 6.07) is 16.8. The summed E-state index contributed by atoms with van der Waals surface area (Å²) >= 11 is 0. The maximum atomic E-state index is 16.1. The summed E-state index contributed by atoms with van der Waals surface area (Å²) in [5, 5.41) is 0. The van der Waals surface area contributed by atoms with Gasteiger partial charge in [-0.15, -0.1) is 0 Å². The molecule has 0 spiro atoms. The maximum absolute atomic E-state index is 16.1. The lowest BCUT2D eigenvalue weighted by Crippen LogP contribution is -2.58. The van der Waals surface area contributed by atoms with Crippen molar-refractivity contribution in [1.82, 2.24) is 0 Å². The third-order valence-electron chi connectivity index (χ3n) is 9.13. The third-order valence-corrected chi connectivity index (χ3v) is 9.13. The van der Waals surface area contributed by atoms with Crippen molar-refractivity contribution in [2.75, 3.05) is 40.1 Å². The number of benzene rings is 1. The van der Waals surface area contributed by atoms with Gasteiger partial charge in [0.2, 0.25) is 0 Å². The molecule has 3 aliphatic rings. The van der Waals surface area contributed by atoms with Crippen LogP contribution in [0.5, 0.6) is 0 Å². The van der Waals surface area contributed by atoms with Gasteiger partial charge in [-0.3, -0.25) is 0 Å². The zero-order chi connectivity index (χ0) is 35.0. The van der Waals surface area contributed by atoms with E-state index < -0.39 is 36.5 Å². The molecule has 1 aromatic rings. The Bertz CT molecular complexity index is 1380. The van der Waals surface area contributed by atoms with Gasteiger partial charge in [0, 0.05) is 32.0 Å². The minimum atomic E-state index is -0.757. The zero-order valence-corrected chi connectivity index (χ0v) is 30.2. The number of halogens is 1. The number of ether oxygens (including phenoxy) is 6. The molecule has 0 bridgehead atoms. The van der Waals surface area contributed by atoms with Gasteiger partial charge in [-0.05, 0) is 72.6 Å². The van der Waals surface area contributed by atoms with Crippen LogP contribution < -0.4 is 0 Å². The molecule has 8 heteroatoms. The molecule has 270 valence electrons. The fraction of sp³-hybridized carbons (Fsp3) is 0.585. The van der Waals surface area contributed by atoms with Crippen LogP contribution in [0.1, 0.15) is 112 Å². The Labute approximate surface area is 293 Å². The van der Waals surface area contributed by atoms with Crippen LogP contribution >= 0.6 is 0 Å². The summed E-state index contributed by atoms with van der Waals surface area (Å²) in [5.41, 5.74) is 4.35. The maximum Gasteiger partial charge on any atom is 0.338 e.